The van der Waals surface area contributed by atoms with Gasteiger partial charge in [0.05, 0.1) is 0 Å². The normalized spacial score (nSPS) is 23.6. The summed E-state index contributed by atoms with van der Waals surface area (Å²) in [5, 5.41) is 10.2. The first kappa shape index (κ1) is 11.5. The van der Waals surface area contributed by atoms with E-state index in [1.807, 2.05) is 6.07 Å². The molecule has 1 nitrogen and oxygen atoms in total. The molecule has 16 heavy (non-hydrogen) atoms. The SMILES string of the molecule is Cc1cc(O)c2c(c1)C(C)(C)CCC[C@H]2C. The molecule has 0 amide bonds. The van der Waals surface area contributed by atoms with Crippen LogP contribution in [-0.4, -0.2) is 5.11 Å². The minimum absolute atomic E-state index is 0.198. The molecule has 1 atom stereocenters. The van der Waals surface area contributed by atoms with Crippen molar-refractivity contribution in [3.8, 4) is 5.75 Å². The van der Waals surface area contributed by atoms with Crippen molar-refractivity contribution in [1.82, 2.24) is 0 Å². The smallest absolute Gasteiger partial charge is 0.119 e. The quantitative estimate of drug-likeness (QED) is 0.645. The van der Waals surface area contributed by atoms with Crippen LogP contribution in [0.5, 0.6) is 5.75 Å². The molecule has 1 aromatic rings. The summed E-state index contributed by atoms with van der Waals surface area (Å²) >= 11 is 0. The standard InChI is InChI=1S/C15H22O/c1-10-8-12-14(13(16)9-10)11(2)6-5-7-15(12,3)4/h8-9,11,16H,5-7H2,1-4H3/t11-/m1/s1. The van der Waals surface area contributed by atoms with Gasteiger partial charge in [-0.15, -0.1) is 0 Å². The Labute approximate surface area is 98.5 Å². The van der Waals surface area contributed by atoms with Gasteiger partial charge in [0.2, 0.25) is 0 Å². The van der Waals surface area contributed by atoms with E-state index >= 15 is 0 Å². The summed E-state index contributed by atoms with van der Waals surface area (Å²) in [6.07, 6.45) is 3.65. The van der Waals surface area contributed by atoms with Crippen LogP contribution in [0.25, 0.3) is 0 Å². The van der Waals surface area contributed by atoms with E-state index in [9.17, 15) is 5.11 Å². The Morgan fingerprint density at radius 2 is 2.00 bits per heavy atom. The van der Waals surface area contributed by atoms with Crippen molar-refractivity contribution in [2.24, 2.45) is 0 Å². The highest BCUT2D eigenvalue weighted by atomic mass is 16.3. The van der Waals surface area contributed by atoms with Gasteiger partial charge in [0.25, 0.3) is 0 Å². The van der Waals surface area contributed by atoms with Crippen molar-refractivity contribution >= 4 is 0 Å². The lowest BCUT2D eigenvalue weighted by molar-refractivity contribution is 0.455. The van der Waals surface area contributed by atoms with Gasteiger partial charge >= 0.3 is 0 Å². The highest BCUT2D eigenvalue weighted by Crippen LogP contribution is 2.44. The zero-order valence-corrected chi connectivity index (χ0v) is 10.8. The first-order valence-electron chi connectivity index (χ1n) is 6.26. The van der Waals surface area contributed by atoms with Crippen molar-refractivity contribution in [3.05, 3.63) is 28.8 Å². The molecule has 1 aliphatic carbocycles. The van der Waals surface area contributed by atoms with Gasteiger partial charge in [-0.25, -0.2) is 0 Å². The summed E-state index contributed by atoms with van der Waals surface area (Å²) in [6, 6.07) is 4.16. The van der Waals surface area contributed by atoms with Gasteiger partial charge in [0.15, 0.2) is 0 Å². The van der Waals surface area contributed by atoms with Gasteiger partial charge < -0.3 is 5.11 Å². The number of rotatable bonds is 0. The van der Waals surface area contributed by atoms with Crippen molar-refractivity contribution in [2.75, 3.05) is 0 Å². The number of aryl methyl sites for hydroxylation is 1. The summed E-state index contributed by atoms with van der Waals surface area (Å²) in [5.74, 6) is 0.981. The van der Waals surface area contributed by atoms with Gasteiger partial charge in [0, 0.05) is 5.56 Å². The molecule has 0 aromatic heterocycles. The molecule has 0 fully saturated rings. The van der Waals surface area contributed by atoms with Crippen LogP contribution in [-0.2, 0) is 5.41 Å². The topological polar surface area (TPSA) is 20.2 Å². The third kappa shape index (κ3) is 1.83. The molecule has 0 saturated heterocycles. The Kier molecular flexibility index (Phi) is 2.73. The first-order chi connectivity index (χ1) is 7.42. The Balaban J connectivity index is 2.67. The molecular weight excluding hydrogens is 196 g/mol. The molecule has 0 spiro atoms. The summed E-state index contributed by atoms with van der Waals surface area (Å²) in [7, 11) is 0. The molecule has 0 unspecified atom stereocenters. The van der Waals surface area contributed by atoms with Crippen LogP contribution in [0.3, 0.4) is 0 Å². The number of hydrogen-bond donors (Lipinski definition) is 1. The maximum atomic E-state index is 10.2. The van der Waals surface area contributed by atoms with Crippen molar-refractivity contribution in [2.45, 2.75) is 58.3 Å². The fraction of sp³-hybridized carbons (Fsp3) is 0.600. The second-order valence-corrected chi connectivity index (χ2v) is 5.92. The Morgan fingerprint density at radius 1 is 1.31 bits per heavy atom. The molecule has 88 valence electrons. The molecule has 0 bridgehead atoms. The van der Waals surface area contributed by atoms with E-state index in [-0.39, 0.29) is 5.41 Å². The number of hydrogen-bond acceptors (Lipinski definition) is 1. The van der Waals surface area contributed by atoms with Crippen LogP contribution >= 0.6 is 0 Å². The average Bonchev–Trinajstić information content (AvgIpc) is 2.25. The van der Waals surface area contributed by atoms with E-state index in [4.69, 9.17) is 0 Å². The molecular formula is C15H22O. The van der Waals surface area contributed by atoms with Crippen LogP contribution in [0, 0.1) is 6.92 Å². The fourth-order valence-corrected chi connectivity index (χ4v) is 2.99. The molecule has 0 heterocycles. The Hall–Kier alpha value is -0.980. The maximum Gasteiger partial charge on any atom is 0.119 e. The van der Waals surface area contributed by atoms with Crippen LogP contribution in [0.2, 0.25) is 0 Å². The zero-order chi connectivity index (χ0) is 11.9. The van der Waals surface area contributed by atoms with Gasteiger partial charge in [-0.3, -0.25) is 0 Å². The largest absolute Gasteiger partial charge is 0.508 e. The summed E-state index contributed by atoms with van der Waals surface area (Å²) in [6.45, 7) is 8.88. The molecule has 1 heteroatoms. The van der Waals surface area contributed by atoms with Crippen molar-refractivity contribution < 1.29 is 5.11 Å². The van der Waals surface area contributed by atoms with E-state index in [2.05, 4.69) is 33.8 Å². The van der Waals surface area contributed by atoms with E-state index in [0.29, 0.717) is 11.7 Å². The zero-order valence-electron chi connectivity index (χ0n) is 10.8. The minimum atomic E-state index is 0.198. The second-order valence-electron chi connectivity index (χ2n) is 5.92. The molecule has 0 saturated carbocycles. The lowest BCUT2D eigenvalue weighted by Gasteiger charge is -2.27. The monoisotopic (exact) mass is 218 g/mol. The predicted molar refractivity (Wildman–Crippen MR) is 68.1 cm³/mol. The van der Waals surface area contributed by atoms with Crippen LogP contribution < -0.4 is 0 Å². The third-order valence-electron chi connectivity index (χ3n) is 3.96. The molecule has 0 aliphatic heterocycles. The van der Waals surface area contributed by atoms with E-state index in [1.54, 1.807) is 0 Å². The van der Waals surface area contributed by atoms with Crippen molar-refractivity contribution in [1.29, 1.82) is 0 Å². The van der Waals surface area contributed by atoms with Gasteiger partial charge in [-0.2, -0.15) is 0 Å². The lowest BCUT2D eigenvalue weighted by atomic mass is 9.78. The molecule has 1 aliphatic rings. The average molecular weight is 218 g/mol. The van der Waals surface area contributed by atoms with Crippen LogP contribution in [0.4, 0.5) is 0 Å². The molecule has 2 rings (SSSR count). The number of aromatic hydroxyl groups is 1. The number of phenolic OH excluding ortho intramolecular Hbond substituents is 1. The molecule has 1 N–H and O–H groups in total. The highest BCUT2D eigenvalue weighted by molar-refractivity contribution is 5.48. The number of fused-ring (bicyclic) bond motifs is 1. The summed E-state index contributed by atoms with van der Waals surface area (Å²) < 4.78 is 0. The van der Waals surface area contributed by atoms with Gasteiger partial charge in [-0.1, -0.05) is 33.3 Å². The Bertz CT molecular complexity index is 404. The van der Waals surface area contributed by atoms with Gasteiger partial charge in [-0.05, 0) is 48.3 Å². The minimum Gasteiger partial charge on any atom is -0.508 e. The highest BCUT2D eigenvalue weighted by Gasteiger charge is 2.30. The lowest BCUT2D eigenvalue weighted by Crippen LogP contribution is -2.17. The number of phenols is 1. The van der Waals surface area contributed by atoms with E-state index in [1.165, 1.54) is 36.0 Å². The van der Waals surface area contributed by atoms with Crippen LogP contribution in [0.1, 0.15) is 62.6 Å². The summed E-state index contributed by atoms with van der Waals surface area (Å²) in [4.78, 5) is 0. The van der Waals surface area contributed by atoms with Crippen LogP contribution in [0.15, 0.2) is 12.1 Å². The fourth-order valence-electron chi connectivity index (χ4n) is 2.99. The van der Waals surface area contributed by atoms with Crippen molar-refractivity contribution in [3.63, 3.8) is 0 Å². The predicted octanol–water partition coefficient (Wildman–Crippen LogP) is 4.27. The molecule has 0 radical (unpaired) electrons. The second kappa shape index (κ2) is 3.80. The maximum absolute atomic E-state index is 10.2. The molecule has 1 aromatic carbocycles. The third-order valence-corrected chi connectivity index (χ3v) is 3.96. The summed E-state index contributed by atoms with van der Waals surface area (Å²) in [5.41, 5.74) is 3.91. The first-order valence-corrected chi connectivity index (χ1v) is 6.26. The van der Waals surface area contributed by atoms with E-state index < -0.39 is 0 Å². The Morgan fingerprint density at radius 3 is 2.69 bits per heavy atom. The van der Waals surface area contributed by atoms with E-state index in [0.717, 1.165) is 0 Å². The van der Waals surface area contributed by atoms with Gasteiger partial charge in [0.1, 0.15) is 5.75 Å². The number of benzene rings is 1.